The van der Waals surface area contributed by atoms with Gasteiger partial charge in [0, 0.05) is 6.04 Å². The number of hydrogen-bond acceptors (Lipinski definition) is 5. The molecule has 0 saturated heterocycles. The van der Waals surface area contributed by atoms with E-state index in [1.807, 2.05) is 19.9 Å². The van der Waals surface area contributed by atoms with Crippen LogP contribution in [0, 0.1) is 11.3 Å². The van der Waals surface area contributed by atoms with Crippen molar-refractivity contribution >= 4 is 12.0 Å². The Morgan fingerprint density at radius 3 is 2.22 bits per heavy atom. The summed E-state index contributed by atoms with van der Waals surface area (Å²) in [6.07, 6.45) is 2.27. The quantitative estimate of drug-likeness (QED) is 0.617. The van der Waals surface area contributed by atoms with Crippen LogP contribution < -0.4 is 19.5 Å². The molecular weight excluding hydrogens is 296 g/mol. The Morgan fingerprint density at radius 2 is 1.83 bits per heavy atom. The Balaban J connectivity index is 3.23. The summed E-state index contributed by atoms with van der Waals surface area (Å²) >= 11 is 0. The topological polar surface area (TPSA) is 80.6 Å². The lowest BCUT2D eigenvalue weighted by Gasteiger charge is -2.13. The van der Waals surface area contributed by atoms with Gasteiger partial charge in [0.1, 0.15) is 11.6 Å². The van der Waals surface area contributed by atoms with Crippen LogP contribution in [0.1, 0.15) is 25.8 Å². The molecule has 0 bridgehead atoms. The van der Waals surface area contributed by atoms with E-state index in [1.165, 1.54) is 27.4 Å². The van der Waals surface area contributed by atoms with Gasteiger partial charge in [-0.3, -0.25) is 4.79 Å². The van der Waals surface area contributed by atoms with E-state index >= 15 is 0 Å². The Labute approximate surface area is 136 Å². The third-order valence-electron chi connectivity index (χ3n) is 3.35. The molecule has 1 atom stereocenters. The van der Waals surface area contributed by atoms with Crippen molar-refractivity contribution in [3.8, 4) is 23.3 Å². The first-order chi connectivity index (χ1) is 11.0. The zero-order chi connectivity index (χ0) is 17.4. The highest BCUT2D eigenvalue weighted by Gasteiger charge is 2.15. The summed E-state index contributed by atoms with van der Waals surface area (Å²) in [7, 11) is 4.52. The SMILES string of the molecule is CC[C@H](C)NC(=O)/C(C#N)=C/c1cc(OC)c(OC)c(OC)c1. The fraction of sp³-hybridized carbons (Fsp3) is 0.412. The minimum absolute atomic E-state index is 0.000750. The summed E-state index contributed by atoms with van der Waals surface area (Å²) in [5.74, 6) is 0.959. The van der Waals surface area contributed by atoms with Crippen LogP contribution in [0.15, 0.2) is 17.7 Å². The maximum atomic E-state index is 12.1. The number of hydrogen-bond donors (Lipinski definition) is 1. The Morgan fingerprint density at radius 1 is 1.26 bits per heavy atom. The molecule has 1 aromatic rings. The summed E-state index contributed by atoms with van der Waals surface area (Å²) in [4.78, 5) is 12.1. The number of benzene rings is 1. The first-order valence-electron chi connectivity index (χ1n) is 7.23. The molecule has 0 aliphatic rings. The molecule has 0 heterocycles. The summed E-state index contributed by atoms with van der Waals surface area (Å²) in [5.41, 5.74) is 0.620. The van der Waals surface area contributed by atoms with E-state index in [0.717, 1.165) is 6.42 Å². The normalized spacial score (nSPS) is 12.1. The molecule has 6 nitrogen and oxygen atoms in total. The molecule has 1 N–H and O–H groups in total. The van der Waals surface area contributed by atoms with Gasteiger partial charge in [0.25, 0.3) is 5.91 Å². The highest BCUT2D eigenvalue weighted by molar-refractivity contribution is 6.01. The third kappa shape index (κ3) is 4.65. The number of methoxy groups -OCH3 is 3. The number of rotatable bonds is 7. The van der Waals surface area contributed by atoms with Crippen molar-refractivity contribution in [1.29, 1.82) is 5.26 Å². The van der Waals surface area contributed by atoms with Crippen LogP contribution in [-0.4, -0.2) is 33.3 Å². The van der Waals surface area contributed by atoms with Gasteiger partial charge in [0.2, 0.25) is 5.75 Å². The predicted octanol–water partition coefficient (Wildman–Crippen LogP) is 2.53. The molecule has 0 radical (unpaired) electrons. The highest BCUT2D eigenvalue weighted by Crippen LogP contribution is 2.38. The molecule has 0 aliphatic heterocycles. The maximum Gasteiger partial charge on any atom is 0.262 e. The maximum absolute atomic E-state index is 12.1. The van der Waals surface area contributed by atoms with Gasteiger partial charge in [0.15, 0.2) is 11.5 Å². The number of carbonyl (C=O) groups is 1. The number of nitrogens with one attached hydrogen (secondary N) is 1. The fourth-order valence-corrected chi connectivity index (χ4v) is 1.90. The van der Waals surface area contributed by atoms with Crippen molar-refractivity contribution in [2.75, 3.05) is 21.3 Å². The smallest absolute Gasteiger partial charge is 0.262 e. The second-order valence-corrected chi connectivity index (χ2v) is 4.91. The van der Waals surface area contributed by atoms with E-state index in [0.29, 0.717) is 22.8 Å². The van der Waals surface area contributed by atoms with Crippen molar-refractivity contribution in [1.82, 2.24) is 5.32 Å². The number of nitriles is 1. The van der Waals surface area contributed by atoms with Crippen LogP contribution in [-0.2, 0) is 4.79 Å². The molecular formula is C17H22N2O4. The van der Waals surface area contributed by atoms with Gasteiger partial charge in [-0.05, 0) is 37.1 Å². The Bertz CT molecular complexity index is 607. The summed E-state index contributed by atoms with van der Waals surface area (Å²) < 4.78 is 15.8. The molecule has 1 amide bonds. The lowest BCUT2D eigenvalue weighted by atomic mass is 10.1. The van der Waals surface area contributed by atoms with E-state index in [9.17, 15) is 10.1 Å². The highest BCUT2D eigenvalue weighted by atomic mass is 16.5. The van der Waals surface area contributed by atoms with E-state index in [1.54, 1.807) is 12.1 Å². The van der Waals surface area contributed by atoms with Crippen molar-refractivity contribution in [3.63, 3.8) is 0 Å². The molecule has 0 saturated carbocycles. The monoisotopic (exact) mass is 318 g/mol. The third-order valence-corrected chi connectivity index (χ3v) is 3.35. The standard InChI is InChI=1S/C17H22N2O4/c1-6-11(2)19-17(20)13(10-18)7-12-8-14(21-3)16(23-5)15(9-12)22-4/h7-9,11H,6H2,1-5H3,(H,19,20)/b13-7+/t11-/m0/s1. The van der Waals surface area contributed by atoms with Crippen LogP contribution >= 0.6 is 0 Å². The lowest BCUT2D eigenvalue weighted by Crippen LogP contribution is -2.32. The number of amides is 1. The largest absolute Gasteiger partial charge is 0.493 e. The van der Waals surface area contributed by atoms with Crippen molar-refractivity contribution in [2.24, 2.45) is 0 Å². The molecule has 0 spiro atoms. The van der Waals surface area contributed by atoms with Crippen molar-refractivity contribution in [3.05, 3.63) is 23.3 Å². The van der Waals surface area contributed by atoms with Crippen LogP contribution in [0.2, 0.25) is 0 Å². The van der Waals surface area contributed by atoms with Gasteiger partial charge in [-0.15, -0.1) is 0 Å². The molecule has 0 aliphatic carbocycles. The number of ether oxygens (including phenoxy) is 3. The number of carbonyl (C=O) groups excluding carboxylic acids is 1. The first kappa shape index (κ1) is 18.4. The minimum atomic E-state index is -0.407. The van der Waals surface area contributed by atoms with Crippen molar-refractivity contribution < 1.29 is 19.0 Å². The molecule has 124 valence electrons. The van der Waals surface area contributed by atoms with Crippen molar-refractivity contribution in [2.45, 2.75) is 26.3 Å². The Kier molecular flexibility index (Phi) is 6.94. The van der Waals surface area contributed by atoms with Gasteiger partial charge >= 0.3 is 0 Å². The summed E-state index contributed by atoms with van der Waals surface area (Å²) in [6.45, 7) is 3.84. The zero-order valence-electron chi connectivity index (χ0n) is 14.1. The fourth-order valence-electron chi connectivity index (χ4n) is 1.90. The van der Waals surface area contributed by atoms with E-state index in [4.69, 9.17) is 14.2 Å². The molecule has 0 fully saturated rings. The van der Waals surface area contributed by atoms with Gasteiger partial charge < -0.3 is 19.5 Å². The average Bonchev–Trinajstić information content (AvgIpc) is 2.57. The van der Waals surface area contributed by atoms with Crippen LogP contribution in [0.5, 0.6) is 17.2 Å². The van der Waals surface area contributed by atoms with Gasteiger partial charge in [-0.1, -0.05) is 6.92 Å². The number of nitrogens with zero attached hydrogens (tertiary/aromatic N) is 1. The van der Waals surface area contributed by atoms with E-state index in [2.05, 4.69) is 5.32 Å². The van der Waals surface area contributed by atoms with Gasteiger partial charge in [-0.25, -0.2) is 0 Å². The molecule has 23 heavy (non-hydrogen) atoms. The summed E-state index contributed by atoms with van der Waals surface area (Å²) in [6, 6.07) is 5.27. The molecule has 6 heteroatoms. The van der Waals surface area contributed by atoms with E-state index < -0.39 is 5.91 Å². The first-order valence-corrected chi connectivity index (χ1v) is 7.23. The van der Waals surface area contributed by atoms with E-state index in [-0.39, 0.29) is 11.6 Å². The Hall–Kier alpha value is -2.68. The second-order valence-electron chi connectivity index (χ2n) is 4.91. The zero-order valence-corrected chi connectivity index (χ0v) is 14.1. The van der Waals surface area contributed by atoms with Crippen LogP contribution in [0.4, 0.5) is 0 Å². The average molecular weight is 318 g/mol. The van der Waals surface area contributed by atoms with Gasteiger partial charge in [0.05, 0.1) is 21.3 Å². The van der Waals surface area contributed by atoms with Crippen LogP contribution in [0.3, 0.4) is 0 Å². The van der Waals surface area contributed by atoms with Gasteiger partial charge in [-0.2, -0.15) is 5.26 Å². The molecule has 1 rings (SSSR count). The molecule has 1 aromatic carbocycles. The molecule has 0 aromatic heterocycles. The summed E-state index contributed by atoms with van der Waals surface area (Å²) in [5, 5.41) is 12.0. The lowest BCUT2D eigenvalue weighted by molar-refractivity contribution is -0.117. The molecule has 0 unspecified atom stereocenters. The predicted molar refractivity (Wildman–Crippen MR) is 87.6 cm³/mol. The van der Waals surface area contributed by atoms with Crippen LogP contribution in [0.25, 0.3) is 6.08 Å². The minimum Gasteiger partial charge on any atom is -0.493 e. The second kappa shape index (κ2) is 8.69.